The van der Waals surface area contributed by atoms with Gasteiger partial charge < -0.3 is 24.7 Å². The van der Waals surface area contributed by atoms with Gasteiger partial charge in [0, 0.05) is 37.2 Å². The van der Waals surface area contributed by atoms with Crippen LogP contribution in [-0.2, 0) is 18.4 Å². The number of hydrogen-bond donors (Lipinski definition) is 2. The van der Waals surface area contributed by atoms with E-state index < -0.39 is 5.82 Å². The van der Waals surface area contributed by atoms with E-state index in [1.165, 1.54) is 16.7 Å². The molecule has 1 fully saturated rings. The molecule has 0 unspecified atom stereocenters. The number of nitrogens with one attached hydrogen (secondary N) is 2. The Balaban J connectivity index is 1.16. The van der Waals surface area contributed by atoms with E-state index in [1.807, 2.05) is 0 Å². The lowest BCUT2D eigenvalue weighted by atomic mass is 9.86. The Kier molecular flexibility index (Phi) is 6.62. The van der Waals surface area contributed by atoms with Crippen molar-refractivity contribution in [1.82, 2.24) is 14.9 Å². The maximum atomic E-state index is 14.6. The summed E-state index contributed by atoms with van der Waals surface area (Å²) in [4.78, 5) is 28.0. The minimum Gasteiger partial charge on any atom is -0.488 e. The highest BCUT2D eigenvalue weighted by Crippen LogP contribution is 2.32. The van der Waals surface area contributed by atoms with Crippen LogP contribution >= 0.6 is 11.6 Å². The summed E-state index contributed by atoms with van der Waals surface area (Å²) in [6.07, 6.45) is 3.73. The van der Waals surface area contributed by atoms with Crippen LogP contribution in [0.5, 0.6) is 11.5 Å². The first-order chi connectivity index (χ1) is 16.9. The monoisotopic (exact) mass is 500 g/mol. The molecule has 1 saturated carbocycles. The van der Waals surface area contributed by atoms with Crippen LogP contribution in [0.2, 0.25) is 5.02 Å². The molecule has 2 N–H and O–H groups in total. The first kappa shape index (κ1) is 23.6. The number of aromatic nitrogens is 2. The first-order valence-corrected chi connectivity index (χ1v) is 12.0. The molecule has 1 aliphatic heterocycles. The number of hydrogen-bond acceptors (Lipinski definition) is 6. The fourth-order valence-electron chi connectivity index (χ4n) is 4.68. The number of fused-ring (bicyclic) bond motifs is 2. The zero-order valence-electron chi connectivity index (χ0n) is 19.3. The van der Waals surface area contributed by atoms with Crippen LogP contribution in [0.15, 0.2) is 35.1 Å². The number of carbonyl (C=O) groups is 1. The fourth-order valence-corrected chi connectivity index (χ4v) is 4.89. The Morgan fingerprint density at radius 3 is 2.80 bits per heavy atom. The normalized spacial score (nSPS) is 19.7. The van der Waals surface area contributed by atoms with E-state index in [9.17, 15) is 14.0 Å². The van der Waals surface area contributed by atoms with Gasteiger partial charge in [0.05, 0.1) is 22.8 Å². The summed E-state index contributed by atoms with van der Waals surface area (Å²) in [6.45, 7) is 0.827. The Hall–Kier alpha value is -3.17. The third kappa shape index (κ3) is 4.97. The summed E-state index contributed by atoms with van der Waals surface area (Å²) >= 11 is 6.35. The minimum atomic E-state index is -0.468. The lowest BCUT2D eigenvalue weighted by molar-refractivity contribution is -0.118. The highest BCUT2D eigenvalue weighted by molar-refractivity contribution is 6.31. The van der Waals surface area contributed by atoms with E-state index in [0.29, 0.717) is 52.9 Å². The quantitative estimate of drug-likeness (QED) is 0.535. The van der Waals surface area contributed by atoms with Crippen molar-refractivity contribution in [1.29, 1.82) is 0 Å². The van der Waals surface area contributed by atoms with Gasteiger partial charge in [0.2, 0.25) is 0 Å². The predicted octanol–water partition coefficient (Wildman–Crippen LogP) is 3.78. The van der Waals surface area contributed by atoms with Crippen LogP contribution in [0, 0.1) is 11.7 Å². The number of ether oxygens (including phenoxy) is 2. The summed E-state index contributed by atoms with van der Waals surface area (Å²) < 4.78 is 27.3. The molecule has 35 heavy (non-hydrogen) atoms. The lowest BCUT2D eigenvalue weighted by Gasteiger charge is -2.29. The largest absolute Gasteiger partial charge is 0.488 e. The molecule has 0 atom stereocenters. The molecule has 10 heteroatoms. The van der Waals surface area contributed by atoms with Crippen molar-refractivity contribution >= 4 is 34.2 Å². The van der Waals surface area contributed by atoms with Crippen molar-refractivity contribution < 1.29 is 18.7 Å². The zero-order valence-corrected chi connectivity index (χ0v) is 20.0. The van der Waals surface area contributed by atoms with Gasteiger partial charge in [-0.15, -0.1) is 0 Å². The first-order valence-electron chi connectivity index (χ1n) is 11.7. The molecule has 0 saturated heterocycles. The number of aryl methyl sites for hydroxylation is 1. The summed E-state index contributed by atoms with van der Waals surface area (Å²) in [5.41, 5.74) is 0.922. The van der Waals surface area contributed by atoms with Gasteiger partial charge in [-0.1, -0.05) is 11.6 Å². The molecule has 1 aromatic carbocycles. The summed E-state index contributed by atoms with van der Waals surface area (Å²) in [5.74, 6) is 0.582. The predicted molar refractivity (Wildman–Crippen MR) is 131 cm³/mol. The number of benzene rings is 1. The van der Waals surface area contributed by atoms with Crippen molar-refractivity contribution in [2.75, 3.05) is 18.5 Å². The zero-order chi connectivity index (χ0) is 24.5. The van der Waals surface area contributed by atoms with Crippen molar-refractivity contribution in [3.05, 3.63) is 57.2 Å². The van der Waals surface area contributed by atoms with Gasteiger partial charge in [0.15, 0.2) is 29.7 Å². The topological polar surface area (TPSA) is 94.5 Å². The van der Waals surface area contributed by atoms with E-state index in [0.717, 1.165) is 31.1 Å². The third-order valence-electron chi connectivity index (χ3n) is 6.68. The Morgan fingerprint density at radius 2 is 2.00 bits per heavy atom. The van der Waals surface area contributed by atoms with Gasteiger partial charge in [-0.25, -0.2) is 9.37 Å². The molecule has 184 valence electrons. The van der Waals surface area contributed by atoms with Gasteiger partial charge in [-0.05, 0) is 49.8 Å². The molecule has 1 aliphatic carbocycles. The van der Waals surface area contributed by atoms with Crippen LogP contribution in [0.25, 0.3) is 10.9 Å². The van der Waals surface area contributed by atoms with Crippen LogP contribution < -0.4 is 25.7 Å². The Labute approximate surface area is 206 Å². The number of nitrogens with zero attached hydrogens (tertiary/aromatic N) is 2. The summed E-state index contributed by atoms with van der Waals surface area (Å²) in [7, 11) is 1.62. The molecule has 3 aromatic rings. The van der Waals surface area contributed by atoms with Crippen LogP contribution in [0.1, 0.15) is 31.4 Å². The van der Waals surface area contributed by atoms with Gasteiger partial charge >= 0.3 is 0 Å². The fraction of sp³-hybridized carbons (Fsp3) is 0.400. The maximum Gasteiger partial charge on any atom is 0.263 e. The molecule has 2 aromatic heterocycles. The second-order valence-corrected chi connectivity index (χ2v) is 9.46. The number of halogens is 2. The average molecular weight is 501 g/mol. The SMILES string of the molecule is Cn1c(=O)ccc2ccc(F)c(OCC3CCC(NCc4nc5c(cc4Cl)OCC(=O)N5)CC3)c21. The van der Waals surface area contributed by atoms with E-state index >= 15 is 0 Å². The van der Waals surface area contributed by atoms with Gasteiger partial charge in [-0.2, -0.15) is 0 Å². The minimum absolute atomic E-state index is 0.0409. The van der Waals surface area contributed by atoms with Crippen LogP contribution in [-0.4, -0.2) is 34.7 Å². The number of rotatable bonds is 6. The molecule has 0 spiro atoms. The summed E-state index contributed by atoms with van der Waals surface area (Å²) in [6, 6.07) is 8.15. The molecule has 0 radical (unpaired) electrons. The molecular weight excluding hydrogens is 475 g/mol. The van der Waals surface area contributed by atoms with E-state index in [-0.39, 0.29) is 23.8 Å². The molecule has 5 rings (SSSR count). The molecular formula is C25H26ClFN4O4. The number of amides is 1. The molecule has 3 heterocycles. The van der Waals surface area contributed by atoms with Crippen LogP contribution in [0.3, 0.4) is 0 Å². The van der Waals surface area contributed by atoms with Crippen molar-refractivity contribution in [2.24, 2.45) is 13.0 Å². The van der Waals surface area contributed by atoms with Gasteiger partial charge in [-0.3, -0.25) is 9.59 Å². The highest BCUT2D eigenvalue weighted by atomic mass is 35.5. The van der Waals surface area contributed by atoms with Gasteiger partial charge in [0.25, 0.3) is 11.5 Å². The second kappa shape index (κ2) is 9.83. The number of carbonyl (C=O) groups excluding carboxylic acids is 1. The summed E-state index contributed by atoms with van der Waals surface area (Å²) in [5, 5.41) is 7.45. The van der Waals surface area contributed by atoms with E-state index in [1.54, 1.807) is 25.2 Å². The maximum absolute atomic E-state index is 14.6. The highest BCUT2D eigenvalue weighted by Gasteiger charge is 2.24. The van der Waals surface area contributed by atoms with E-state index in [4.69, 9.17) is 21.1 Å². The van der Waals surface area contributed by atoms with Gasteiger partial charge in [0.1, 0.15) is 0 Å². The van der Waals surface area contributed by atoms with Crippen LogP contribution in [0.4, 0.5) is 10.2 Å². The van der Waals surface area contributed by atoms with E-state index in [2.05, 4.69) is 15.6 Å². The molecule has 0 bridgehead atoms. The number of pyridine rings is 2. The molecule has 2 aliphatic rings. The lowest BCUT2D eigenvalue weighted by Crippen LogP contribution is -2.34. The van der Waals surface area contributed by atoms with Crippen molar-refractivity contribution in [3.63, 3.8) is 0 Å². The second-order valence-electron chi connectivity index (χ2n) is 9.05. The molecule has 1 amide bonds. The number of anilines is 1. The smallest absolute Gasteiger partial charge is 0.263 e. The average Bonchev–Trinajstić information content (AvgIpc) is 2.85. The Morgan fingerprint density at radius 1 is 1.23 bits per heavy atom. The van der Waals surface area contributed by atoms with Crippen molar-refractivity contribution in [2.45, 2.75) is 38.3 Å². The molecule has 8 nitrogen and oxygen atoms in total. The standard InChI is InChI=1S/C25H26ClFN4O4/c1-31-22(33)9-5-15-4-8-18(27)24(23(15)31)35-12-14-2-6-16(7-3-14)28-11-19-17(26)10-20-25(29-19)30-21(32)13-34-20/h4-5,8-10,14,16,28H,2-3,6-7,11-13H2,1H3,(H,29,30,32). The Bertz CT molecular complexity index is 1340. The van der Waals surface area contributed by atoms with Crippen molar-refractivity contribution in [3.8, 4) is 11.5 Å². The third-order valence-corrected chi connectivity index (χ3v) is 7.01.